The second kappa shape index (κ2) is 10.2. The molecule has 4 rings (SSSR count). The smallest absolute Gasteiger partial charge is 0.320 e. The maximum absolute atomic E-state index is 14.9. The van der Waals surface area contributed by atoms with Gasteiger partial charge in [-0.05, 0) is 17.7 Å². The van der Waals surface area contributed by atoms with Crippen LogP contribution in [0.2, 0.25) is 0 Å². The Kier molecular flexibility index (Phi) is 7.07. The summed E-state index contributed by atoms with van der Waals surface area (Å²) in [5, 5.41) is 6.78. The molecule has 2 amide bonds. The van der Waals surface area contributed by atoms with E-state index in [1.165, 1.54) is 17.0 Å². The highest BCUT2D eigenvalue weighted by Gasteiger charge is 2.26. The Morgan fingerprint density at radius 2 is 1.82 bits per heavy atom. The second-order valence-electron chi connectivity index (χ2n) is 7.51. The van der Waals surface area contributed by atoms with Gasteiger partial charge in [0.2, 0.25) is 5.89 Å². The van der Waals surface area contributed by atoms with E-state index in [0.29, 0.717) is 24.6 Å². The predicted molar refractivity (Wildman–Crippen MR) is 115 cm³/mol. The molecule has 0 unspecified atom stereocenters. The van der Waals surface area contributed by atoms with Gasteiger partial charge >= 0.3 is 12.5 Å². The van der Waals surface area contributed by atoms with Crippen LogP contribution in [0.1, 0.15) is 23.4 Å². The lowest BCUT2D eigenvalue weighted by atomic mass is 10.1. The number of carbonyl (C=O) groups excluding carboxylic acids is 1. The van der Waals surface area contributed by atoms with Gasteiger partial charge in [0.1, 0.15) is 5.82 Å². The number of rotatable bonds is 6. The lowest BCUT2D eigenvalue weighted by Crippen LogP contribution is -2.48. The number of nitrogens with zero attached hydrogens (tertiary/aromatic N) is 4. The van der Waals surface area contributed by atoms with Crippen molar-refractivity contribution >= 4 is 16.8 Å². The molecule has 7 nitrogen and oxygen atoms in total. The third-order valence-electron chi connectivity index (χ3n) is 5.22. The minimum Gasteiger partial charge on any atom is -0.415 e. The lowest BCUT2D eigenvalue weighted by molar-refractivity contribution is 0.116. The van der Waals surface area contributed by atoms with E-state index in [1.54, 1.807) is 4.90 Å². The first-order valence-electron chi connectivity index (χ1n) is 10.2. The number of urea groups is 1. The maximum Gasteiger partial charge on any atom is 0.320 e. The van der Waals surface area contributed by atoms with Crippen LogP contribution < -0.4 is 0 Å². The van der Waals surface area contributed by atoms with Gasteiger partial charge in [0.15, 0.2) is 0 Å². The Balaban J connectivity index is 1.55. The van der Waals surface area contributed by atoms with Gasteiger partial charge < -0.3 is 14.2 Å². The molecule has 0 saturated carbocycles. The molecule has 0 radical (unpaired) electrons. The molecule has 3 aromatic rings. The fourth-order valence-electron chi connectivity index (χ4n) is 3.48. The van der Waals surface area contributed by atoms with Gasteiger partial charge in [-0.1, -0.05) is 36.4 Å². The van der Waals surface area contributed by atoms with Crippen molar-refractivity contribution in [2.75, 3.05) is 24.6 Å². The standard InChI is InChI=1S/C22H21F3N4O3S/c23-18-12-16(20-26-27-21(32-20)19(24)25)6-7-17(18)14-29(13-15-4-2-1-3-5-15)22(30)28-8-10-33(31)11-9-28/h1-7,12,19H,8-11,13-14H2. The summed E-state index contributed by atoms with van der Waals surface area (Å²) in [6.45, 7) is 1.01. The first-order chi connectivity index (χ1) is 15.9. The van der Waals surface area contributed by atoms with Crippen molar-refractivity contribution in [3.8, 4) is 11.5 Å². The number of aromatic nitrogens is 2. The highest BCUT2D eigenvalue weighted by atomic mass is 32.2. The van der Waals surface area contributed by atoms with E-state index in [-0.39, 0.29) is 36.1 Å². The number of amides is 2. The molecule has 174 valence electrons. The van der Waals surface area contributed by atoms with Gasteiger partial charge in [0, 0.05) is 53.1 Å². The molecule has 2 heterocycles. The number of benzene rings is 2. The molecule has 11 heteroatoms. The van der Waals surface area contributed by atoms with E-state index in [9.17, 15) is 22.2 Å². The first kappa shape index (κ1) is 23.0. The molecular weight excluding hydrogens is 457 g/mol. The van der Waals surface area contributed by atoms with E-state index in [0.717, 1.165) is 11.6 Å². The minimum atomic E-state index is -2.92. The third-order valence-corrected chi connectivity index (χ3v) is 6.50. The fraction of sp³-hybridized carbons (Fsp3) is 0.318. The molecule has 1 aliphatic rings. The van der Waals surface area contributed by atoms with E-state index >= 15 is 0 Å². The summed E-state index contributed by atoms with van der Waals surface area (Å²) in [4.78, 5) is 16.4. The summed E-state index contributed by atoms with van der Waals surface area (Å²) in [6.07, 6.45) is -2.92. The van der Waals surface area contributed by atoms with Crippen LogP contribution in [0.3, 0.4) is 0 Å². The van der Waals surface area contributed by atoms with Crippen LogP contribution in [0, 0.1) is 5.82 Å². The Labute approximate surface area is 190 Å². The molecule has 0 aliphatic carbocycles. The summed E-state index contributed by atoms with van der Waals surface area (Å²) in [7, 11) is -0.932. The molecule has 1 aromatic heterocycles. The third kappa shape index (κ3) is 5.59. The number of halogens is 3. The van der Waals surface area contributed by atoms with E-state index in [4.69, 9.17) is 4.42 Å². The van der Waals surface area contributed by atoms with Crippen molar-refractivity contribution in [3.63, 3.8) is 0 Å². The van der Waals surface area contributed by atoms with Crippen molar-refractivity contribution in [3.05, 3.63) is 71.4 Å². The van der Waals surface area contributed by atoms with Crippen LogP contribution in [0.4, 0.5) is 18.0 Å². The van der Waals surface area contributed by atoms with E-state index in [1.807, 2.05) is 30.3 Å². The van der Waals surface area contributed by atoms with Crippen LogP contribution in [-0.2, 0) is 23.9 Å². The fourth-order valence-corrected chi connectivity index (χ4v) is 4.53. The second-order valence-corrected chi connectivity index (χ2v) is 9.21. The molecular formula is C22H21F3N4O3S. The minimum absolute atomic E-state index is 0.00839. The van der Waals surface area contributed by atoms with Crippen molar-refractivity contribution in [1.82, 2.24) is 20.0 Å². The Morgan fingerprint density at radius 1 is 1.09 bits per heavy atom. The zero-order chi connectivity index (χ0) is 23.4. The van der Waals surface area contributed by atoms with E-state index < -0.39 is 28.9 Å². The molecule has 0 N–H and O–H groups in total. The summed E-state index contributed by atoms with van der Waals surface area (Å²) < 4.78 is 56.8. The van der Waals surface area contributed by atoms with Crippen LogP contribution in [0.15, 0.2) is 52.9 Å². The molecule has 0 bridgehead atoms. The summed E-state index contributed by atoms with van der Waals surface area (Å²) in [6, 6.07) is 13.1. The van der Waals surface area contributed by atoms with Crippen molar-refractivity contribution in [2.45, 2.75) is 19.5 Å². The predicted octanol–water partition coefficient (Wildman–Crippen LogP) is 4.00. The highest BCUT2D eigenvalue weighted by Crippen LogP contribution is 2.25. The number of hydrogen-bond acceptors (Lipinski definition) is 5. The lowest BCUT2D eigenvalue weighted by Gasteiger charge is -2.33. The van der Waals surface area contributed by atoms with Gasteiger partial charge in [0.25, 0.3) is 5.89 Å². The van der Waals surface area contributed by atoms with Crippen LogP contribution >= 0.6 is 0 Å². The van der Waals surface area contributed by atoms with E-state index in [2.05, 4.69) is 10.2 Å². The molecule has 0 spiro atoms. The summed E-state index contributed by atoms with van der Waals surface area (Å²) in [5.41, 5.74) is 1.29. The molecule has 1 fully saturated rings. The highest BCUT2D eigenvalue weighted by molar-refractivity contribution is 7.85. The average molecular weight is 478 g/mol. The molecule has 1 aliphatic heterocycles. The summed E-state index contributed by atoms with van der Waals surface area (Å²) >= 11 is 0. The van der Waals surface area contributed by atoms with Gasteiger partial charge in [-0.15, -0.1) is 10.2 Å². The van der Waals surface area contributed by atoms with Gasteiger partial charge in [-0.2, -0.15) is 8.78 Å². The number of alkyl halides is 2. The maximum atomic E-state index is 14.9. The van der Waals surface area contributed by atoms with Crippen molar-refractivity contribution in [2.24, 2.45) is 0 Å². The van der Waals surface area contributed by atoms with Gasteiger partial charge in [-0.3, -0.25) is 4.21 Å². The summed E-state index contributed by atoms with van der Waals surface area (Å²) in [5.74, 6) is -0.849. The zero-order valence-corrected chi connectivity index (χ0v) is 18.3. The van der Waals surface area contributed by atoms with Crippen molar-refractivity contribution in [1.29, 1.82) is 0 Å². The molecule has 33 heavy (non-hydrogen) atoms. The molecule has 2 aromatic carbocycles. The Bertz CT molecular complexity index is 1130. The first-order valence-corrected chi connectivity index (χ1v) is 11.7. The topological polar surface area (TPSA) is 79.5 Å². The van der Waals surface area contributed by atoms with Crippen LogP contribution in [-0.4, -0.2) is 54.8 Å². The monoisotopic (exact) mass is 478 g/mol. The van der Waals surface area contributed by atoms with Gasteiger partial charge in [-0.25, -0.2) is 9.18 Å². The van der Waals surface area contributed by atoms with Gasteiger partial charge in [0.05, 0.1) is 6.54 Å². The zero-order valence-electron chi connectivity index (χ0n) is 17.5. The Morgan fingerprint density at radius 3 is 2.45 bits per heavy atom. The molecule has 1 saturated heterocycles. The number of carbonyl (C=O) groups is 1. The van der Waals surface area contributed by atoms with Crippen LogP contribution in [0.5, 0.6) is 0 Å². The normalized spacial score (nSPS) is 14.6. The Hall–Kier alpha value is -3.21. The largest absolute Gasteiger partial charge is 0.415 e. The quantitative estimate of drug-likeness (QED) is 0.535. The number of hydrogen-bond donors (Lipinski definition) is 0. The average Bonchev–Trinajstić information content (AvgIpc) is 3.31. The SMILES string of the molecule is O=C(N1CCS(=O)CC1)N(Cc1ccccc1)Cc1ccc(-c2nnc(C(F)F)o2)cc1F. The molecule has 0 atom stereocenters. The van der Waals surface area contributed by atoms with Crippen LogP contribution in [0.25, 0.3) is 11.5 Å². The van der Waals surface area contributed by atoms with Crippen molar-refractivity contribution < 1.29 is 26.6 Å².